The van der Waals surface area contributed by atoms with Gasteiger partial charge >= 0.3 is 12.2 Å². The maximum absolute atomic E-state index is 12.9. The van der Waals surface area contributed by atoms with Gasteiger partial charge in [0.15, 0.2) is 0 Å². The topological polar surface area (TPSA) is 59.1 Å². The van der Waals surface area contributed by atoms with E-state index in [1.165, 1.54) is 11.1 Å². The molecule has 0 unspecified atom stereocenters. The van der Waals surface area contributed by atoms with Crippen LogP contribution in [-0.2, 0) is 5.41 Å². The molecule has 0 saturated carbocycles. The SMILES string of the molecule is CC(C)(c1ccc(OC(=O)N2CCC(c3ccccc3)CC2)cc1)c1ccc(OC(=O)N2CCC(c3ccccc3)CC2)cc1. The molecule has 2 saturated heterocycles. The Hall–Kier alpha value is -4.58. The second kappa shape index (κ2) is 13.6. The fourth-order valence-electron chi connectivity index (χ4n) is 6.62. The summed E-state index contributed by atoms with van der Waals surface area (Å²) in [6, 6.07) is 36.5. The van der Waals surface area contributed by atoms with Crippen molar-refractivity contribution in [3.05, 3.63) is 131 Å². The highest BCUT2D eigenvalue weighted by Crippen LogP contribution is 2.34. The summed E-state index contributed by atoms with van der Waals surface area (Å²) in [6.45, 7) is 7.10. The number of piperidine rings is 2. The van der Waals surface area contributed by atoms with Gasteiger partial charge in [0.05, 0.1) is 0 Å². The van der Waals surface area contributed by atoms with E-state index in [1.807, 2.05) is 60.7 Å². The predicted molar refractivity (Wildman–Crippen MR) is 177 cm³/mol. The molecule has 45 heavy (non-hydrogen) atoms. The number of benzene rings is 4. The molecule has 4 aromatic rings. The average Bonchev–Trinajstić information content (AvgIpc) is 3.09. The molecule has 2 fully saturated rings. The Morgan fingerprint density at radius 1 is 0.533 bits per heavy atom. The molecule has 0 bridgehead atoms. The summed E-state index contributed by atoms with van der Waals surface area (Å²) in [5.41, 5.74) is 4.57. The highest BCUT2D eigenvalue weighted by Gasteiger charge is 2.28. The fourth-order valence-corrected chi connectivity index (χ4v) is 6.62. The fraction of sp³-hybridized carbons (Fsp3) is 0.333. The number of rotatable bonds is 6. The van der Waals surface area contributed by atoms with Gasteiger partial charge in [0.2, 0.25) is 0 Å². The van der Waals surface area contributed by atoms with E-state index in [2.05, 4.69) is 62.4 Å². The third-order valence-electron chi connectivity index (χ3n) is 9.61. The van der Waals surface area contributed by atoms with Crippen LogP contribution in [0.3, 0.4) is 0 Å². The molecule has 6 nitrogen and oxygen atoms in total. The summed E-state index contributed by atoms with van der Waals surface area (Å²) < 4.78 is 11.5. The molecule has 0 aliphatic carbocycles. The van der Waals surface area contributed by atoms with Crippen LogP contribution in [0, 0.1) is 0 Å². The van der Waals surface area contributed by atoms with E-state index in [0.29, 0.717) is 49.5 Å². The number of carbonyl (C=O) groups excluding carboxylic acids is 2. The van der Waals surface area contributed by atoms with E-state index in [0.717, 1.165) is 36.8 Å². The van der Waals surface area contributed by atoms with Crippen molar-refractivity contribution >= 4 is 12.2 Å². The Bertz CT molecular complexity index is 1430. The van der Waals surface area contributed by atoms with Crippen LogP contribution in [-0.4, -0.2) is 48.2 Å². The van der Waals surface area contributed by atoms with E-state index in [-0.39, 0.29) is 17.6 Å². The predicted octanol–water partition coefficient (Wildman–Crippen LogP) is 8.77. The summed E-state index contributed by atoms with van der Waals surface area (Å²) in [5, 5.41) is 0. The van der Waals surface area contributed by atoms with E-state index in [9.17, 15) is 9.59 Å². The molecule has 0 N–H and O–H groups in total. The van der Waals surface area contributed by atoms with Crippen LogP contribution in [0.4, 0.5) is 9.59 Å². The molecule has 2 aliphatic rings. The Labute approximate surface area is 266 Å². The molecule has 0 aromatic heterocycles. The van der Waals surface area contributed by atoms with Crippen molar-refractivity contribution in [3.63, 3.8) is 0 Å². The van der Waals surface area contributed by atoms with Gasteiger partial charge in [-0.3, -0.25) is 0 Å². The minimum atomic E-state index is -0.302. The molecule has 0 atom stereocenters. The lowest BCUT2D eigenvalue weighted by Gasteiger charge is -2.31. The molecule has 0 spiro atoms. The zero-order valence-electron chi connectivity index (χ0n) is 26.2. The van der Waals surface area contributed by atoms with Crippen molar-refractivity contribution in [2.75, 3.05) is 26.2 Å². The first-order chi connectivity index (χ1) is 21.9. The van der Waals surface area contributed by atoms with Crippen molar-refractivity contribution in [1.82, 2.24) is 9.80 Å². The van der Waals surface area contributed by atoms with Gasteiger partial charge in [-0.2, -0.15) is 0 Å². The summed E-state index contributed by atoms with van der Waals surface area (Å²) >= 11 is 0. The van der Waals surface area contributed by atoms with Crippen molar-refractivity contribution < 1.29 is 19.1 Å². The van der Waals surface area contributed by atoms with Crippen molar-refractivity contribution in [3.8, 4) is 11.5 Å². The van der Waals surface area contributed by atoms with Crippen LogP contribution >= 0.6 is 0 Å². The Balaban J connectivity index is 0.993. The molecular formula is C39H42N2O4. The van der Waals surface area contributed by atoms with Crippen LogP contribution in [0.5, 0.6) is 11.5 Å². The minimum Gasteiger partial charge on any atom is -0.410 e. The van der Waals surface area contributed by atoms with Gasteiger partial charge in [0.25, 0.3) is 0 Å². The number of hydrogen-bond donors (Lipinski definition) is 0. The first kappa shape index (κ1) is 30.4. The lowest BCUT2D eigenvalue weighted by molar-refractivity contribution is 0.138. The second-order valence-corrected chi connectivity index (χ2v) is 12.8. The Morgan fingerprint density at radius 3 is 1.20 bits per heavy atom. The van der Waals surface area contributed by atoms with Crippen LogP contribution in [0.1, 0.15) is 73.6 Å². The van der Waals surface area contributed by atoms with E-state index >= 15 is 0 Å². The molecule has 4 aromatic carbocycles. The smallest absolute Gasteiger partial charge is 0.410 e. The second-order valence-electron chi connectivity index (χ2n) is 12.8. The van der Waals surface area contributed by atoms with Crippen molar-refractivity contribution in [1.29, 1.82) is 0 Å². The van der Waals surface area contributed by atoms with Crippen molar-refractivity contribution in [2.24, 2.45) is 0 Å². The number of nitrogens with zero attached hydrogens (tertiary/aromatic N) is 2. The average molecular weight is 603 g/mol. The number of amides is 2. The highest BCUT2D eigenvalue weighted by molar-refractivity contribution is 5.71. The molecule has 0 radical (unpaired) electrons. The van der Waals surface area contributed by atoms with Gasteiger partial charge in [-0.15, -0.1) is 0 Å². The standard InChI is InChI=1S/C39H42N2O4/c1-39(2,33-13-17-35(18-14-33)44-37(42)40-25-21-31(22-26-40)29-9-5-3-6-10-29)34-15-19-36(20-16-34)45-38(43)41-27-23-32(24-28-41)30-11-7-4-8-12-30/h3-20,31-32H,21-28H2,1-2H3. The maximum atomic E-state index is 12.9. The summed E-state index contributed by atoms with van der Waals surface area (Å²) in [7, 11) is 0. The molecule has 6 rings (SSSR count). The Kier molecular flexibility index (Phi) is 9.20. The van der Waals surface area contributed by atoms with E-state index < -0.39 is 0 Å². The first-order valence-electron chi connectivity index (χ1n) is 16.1. The first-order valence-corrected chi connectivity index (χ1v) is 16.1. The van der Waals surface area contributed by atoms with Crippen LogP contribution in [0.25, 0.3) is 0 Å². The molecular weight excluding hydrogens is 560 g/mol. The molecule has 2 amide bonds. The van der Waals surface area contributed by atoms with Gasteiger partial charge in [0, 0.05) is 31.6 Å². The van der Waals surface area contributed by atoms with Crippen LogP contribution < -0.4 is 9.47 Å². The summed E-state index contributed by atoms with van der Waals surface area (Å²) in [5.74, 6) is 2.06. The zero-order valence-corrected chi connectivity index (χ0v) is 26.2. The molecule has 2 aliphatic heterocycles. The minimum absolute atomic E-state index is 0.292. The van der Waals surface area contributed by atoms with Gasteiger partial charge in [0.1, 0.15) is 11.5 Å². The maximum Gasteiger partial charge on any atom is 0.415 e. The van der Waals surface area contributed by atoms with Crippen LogP contribution in [0.15, 0.2) is 109 Å². The largest absolute Gasteiger partial charge is 0.415 e. The molecule has 2 heterocycles. The Morgan fingerprint density at radius 2 is 0.867 bits per heavy atom. The van der Waals surface area contributed by atoms with E-state index in [4.69, 9.17) is 9.47 Å². The highest BCUT2D eigenvalue weighted by atomic mass is 16.6. The van der Waals surface area contributed by atoms with Gasteiger partial charge in [-0.1, -0.05) is 98.8 Å². The lowest BCUT2D eigenvalue weighted by atomic mass is 9.78. The zero-order chi connectivity index (χ0) is 31.2. The molecule has 232 valence electrons. The third-order valence-corrected chi connectivity index (χ3v) is 9.61. The number of carbonyl (C=O) groups is 2. The number of hydrogen-bond acceptors (Lipinski definition) is 4. The monoisotopic (exact) mass is 602 g/mol. The lowest BCUT2D eigenvalue weighted by Crippen LogP contribution is -2.39. The number of ether oxygens (including phenoxy) is 2. The normalized spacial score (nSPS) is 16.3. The quantitative estimate of drug-likeness (QED) is 0.221. The van der Waals surface area contributed by atoms with Gasteiger partial charge in [-0.05, 0) is 84.0 Å². The van der Waals surface area contributed by atoms with Crippen molar-refractivity contribution in [2.45, 2.75) is 56.8 Å². The third kappa shape index (κ3) is 7.22. The number of likely N-dealkylation sites (tertiary alicyclic amines) is 2. The summed E-state index contributed by atoms with van der Waals surface area (Å²) in [4.78, 5) is 29.3. The summed E-state index contributed by atoms with van der Waals surface area (Å²) in [6.07, 6.45) is 3.18. The van der Waals surface area contributed by atoms with E-state index in [1.54, 1.807) is 9.80 Å². The van der Waals surface area contributed by atoms with Gasteiger partial charge in [-0.25, -0.2) is 9.59 Å². The van der Waals surface area contributed by atoms with Crippen LogP contribution in [0.2, 0.25) is 0 Å². The molecule has 6 heteroatoms. The van der Waals surface area contributed by atoms with Gasteiger partial charge < -0.3 is 19.3 Å².